The summed E-state index contributed by atoms with van der Waals surface area (Å²) in [5, 5.41) is 4.18. The van der Waals surface area contributed by atoms with Crippen molar-refractivity contribution in [3.63, 3.8) is 0 Å². The van der Waals surface area contributed by atoms with Gasteiger partial charge in [-0.1, -0.05) is 28.1 Å². The maximum absolute atomic E-state index is 11.3. The number of hydrogen-bond donors (Lipinski definition) is 2. The van der Waals surface area contributed by atoms with Gasteiger partial charge in [0.2, 0.25) is 0 Å². The first-order valence-corrected chi connectivity index (χ1v) is 7.06. The zero-order chi connectivity index (χ0) is 13.1. The van der Waals surface area contributed by atoms with Gasteiger partial charge in [-0.15, -0.1) is 11.3 Å². The number of carbonyl (C=O) groups is 1. The highest BCUT2D eigenvalue weighted by molar-refractivity contribution is 9.10. The molecule has 0 amide bonds. The fourth-order valence-corrected chi connectivity index (χ4v) is 2.92. The molecule has 3 N–H and O–H groups in total. The van der Waals surface area contributed by atoms with E-state index in [0.29, 0.717) is 17.1 Å². The molecule has 0 bridgehead atoms. The van der Waals surface area contributed by atoms with Crippen LogP contribution in [0.15, 0.2) is 34.8 Å². The van der Waals surface area contributed by atoms with Crippen LogP contribution in [0.25, 0.3) is 0 Å². The zero-order valence-electron chi connectivity index (χ0n) is 9.87. The molecule has 0 aliphatic rings. The highest BCUT2D eigenvalue weighted by Gasteiger charge is 2.10. The highest BCUT2D eigenvalue weighted by Crippen LogP contribution is 2.29. The Hall–Kier alpha value is -1.33. The van der Waals surface area contributed by atoms with E-state index in [0.717, 1.165) is 9.47 Å². The lowest BCUT2D eigenvalue weighted by molar-refractivity contribution is 0.102. The number of nitrogen functional groups attached to an aromatic ring is 1. The van der Waals surface area contributed by atoms with Gasteiger partial charge in [-0.2, -0.15) is 0 Å². The van der Waals surface area contributed by atoms with Crippen LogP contribution in [-0.2, 0) is 6.54 Å². The normalized spacial score (nSPS) is 10.3. The summed E-state index contributed by atoms with van der Waals surface area (Å²) >= 11 is 4.83. The van der Waals surface area contributed by atoms with Gasteiger partial charge in [0, 0.05) is 17.9 Å². The van der Waals surface area contributed by atoms with E-state index >= 15 is 0 Å². The number of anilines is 2. The lowest BCUT2D eigenvalue weighted by Gasteiger charge is -2.03. The first-order chi connectivity index (χ1) is 8.56. The van der Waals surface area contributed by atoms with E-state index in [1.807, 2.05) is 18.2 Å². The first-order valence-electron chi connectivity index (χ1n) is 5.45. The molecule has 0 saturated heterocycles. The van der Waals surface area contributed by atoms with Crippen LogP contribution in [0.1, 0.15) is 22.2 Å². The number of nitrogens with two attached hydrogens (primary N) is 1. The molecule has 0 fully saturated rings. The average Bonchev–Trinajstić information content (AvgIpc) is 2.68. The Bertz CT molecular complexity index is 580. The molecule has 0 radical (unpaired) electrons. The minimum Gasteiger partial charge on any atom is -0.397 e. The van der Waals surface area contributed by atoms with Gasteiger partial charge in [0.15, 0.2) is 5.78 Å². The van der Waals surface area contributed by atoms with Crippen molar-refractivity contribution in [1.82, 2.24) is 0 Å². The molecule has 5 heteroatoms. The standard InChI is InChI=1S/C13H13BrN2OS/c1-8(17)13-11(15)6-12(18-13)16-7-9-3-2-4-10(14)5-9/h2-6,16H,7,15H2,1H3. The molecule has 0 spiro atoms. The molecule has 3 nitrogen and oxygen atoms in total. The van der Waals surface area contributed by atoms with Gasteiger partial charge >= 0.3 is 0 Å². The maximum atomic E-state index is 11.3. The second-order valence-electron chi connectivity index (χ2n) is 3.93. The predicted octanol–water partition coefficient (Wildman–Crippen LogP) is 3.91. The van der Waals surface area contributed by atoms with E-state index in [4.69, 9.17) is 5.73 Å². The molecule has 2 aromatic rings. The van der Waals surface area contributed by atoms with Gasteiger partial charge in [-0.25, -0.2) is 0 Å². The molecule has 1 aromatic heterocycles. The Morgan fingerprint density at radius 1 is 1.44 bits per heavy atom. The van der Waals surface area contributed by atoms with Gasteiger partial charge in [-0.3, -0.25) is 4.79 Å². The van der Waals surface area contributed by atoms with Crippen LogP contribution in [0.2, 0.25) is 0 Å². The molecule has 1 heterocycles. The van der Waals surface area contributed by atoms with E-state index in [2.05, 4.69) is 27.3 Å². The fraction of sp³-hybridized carbons (Fsp3) is 0.154. The van der Waals surface area contributed by atoms with E-state index in [-0.39, 0.29) is 5.78 Å². The predicted molar refractivity (Wildman–Crippen MR) is 80.2 cm³/mol. The summed E-state index contributed by atoms with van der Waals surface area (Å²) in [5.41, 5.74) is 7.49. The van der Waals surface area contributed by atoms with Crippen LogP contribution >= 0.6 is 27.3 Å². The lowest BCUT2D eigenvalue weighted by Crippen LogP contribution is -1.97. The van der Waals surface area contributed by atoms with Crippen LogP contribution in [0, 0.1) is 0 Å². The molecule has 0 aliphatic heterocycles. The molecule has 2 rings (SSSR count). The third-order valence-corrected chi connectivity index (χ3v) is 4.14. The zero-order valence-corrected chi connectivity index (χ0v) is 12.3. The maximum Gasteiger partial charge on any atom is 0.171 e. The third kappa shape index (κ3) is 3.11. The second-order valence-corrected chi connectivity index (χ2v) is 5.90. The second kappa shape index (κ2) is 5.54. The topological polar surface area (TPSA) is 55.1 Å². The van der Waals surface area contributed by atoms with Crippen molar-refractivity contribution in [3.05, 3.63) is 45.2 Å². The van der Waals surface area contributed by atoms with Crippen molar-refractivity contribution < 1.29 is 4.79 Å². The van der Waals surface area contributed by atoms with Crippen molar-refractivity contribution in [2.45, 2.75) is 13.5 Å². The number of nitrogens with one attached hydrogen (secondary N) is 1. The number of hydrogen-bond acceptors (Lipinski definition) is 4. The quantitative estimate of drug-likeness (QED) is 0.838. The van der Waals surface area contributed by atoms with Gasteiger partial charge in [0.25, 0.3) is 0 Å². The molecule has 0 atom stereocenters. The summed E-state index contributed by atoms with van der Waals surface area (Å²) in [4.78, 5) is 11.9. The molecule has 1 aromatic carbocycles. The minimum absolute atomic E-state index is 0.00741. The number of Topliss-reactive ketones (excluding diaryl/α,β-unsaturated/α-hetero) is 1. The minimum atomic E-state index is 0.00741. The summed E-state index contributed by atoms with van der Waals surface area (Å²) in [6.07, 6.45) is 0. The summed E-state index contributed by atoms with van der Waals surface area (Å²) in [7, 11) is 0. The van der Waals surface area contributed by atoms with E-state index in [1.54, 1.807) is 6.07 Å². The number of ketones is 1. The van der Waals surface area contributed by atoms with Gasteiger partial charge in [0.1, 0.15) is 0 Å². The molecule has 0 aliphatic carbocycles. The molecular weight excluding hydrogens is 312 g/mol. The number of carbonyl (C=O) groups excluding carboxylic acids is 1. The van der Waals surface area contributed by atoms with Crippen molar-refractivity contribution in [2.24, 2.45) is 0 Å². The summed E-state index contributed by atoms with van der Waals surface area (Å²) < 4.78 is 1.05. The summed E-state index contributed by atoms with van der Waals surface area (Å²) in [5.74, 6) is 0.00741. The average molecular weight is 325 g/mol. The number of thiophene rings is 1. The fourth-order valence-electron chi connectivity index (χ4n) is 1.60. The Morgan fingerprint density at radius 3 is 2.83 bits per heavy atom. The Balaban J connectivity index is 2.06. The van der Waals surface area contributed by atoms with Gasteiger partial charge in [0.05, 0.1) is 15.6 Å². The van der Waals surface area contributed by atoms with Crippen molar-refractivity contribution in [3.8, 4) is 0 Å². The van der Waals surface area contributed by atoms with Crippen LogP contribution in [-0.4, -0.2) is 5.78 Å². The van der Waals surface area contributed by atoms with Gasteiger partial charge in [-0.05, 0) is 23.8 Å². The molecule has 0 saturated carbocycles. The van der Waals surface area contributed by atoms with E-state index < -0.39 is 0 Å². The number of halogens is 1. The lowest BCUT2D eigenvalue weighted by atomic mass is 10.2. The number of benzene rings is 1. The van der Waals surface area contributed by atoms with E-state index in [1.165, 1.54) is 23.8 Å². The molecule has 18 heavy (non-hydrogen) atoms. The van der Waals surface area contributed by atoms with Crippen LogP contribution in [0.3, 0.4) is 0 Å². The first kappa shape index (κ1) is 13.1. The van der Waals surface area contributed by atoms with Crippen molar-refractivity contribution in [1.29, 1.82) is 0 Å². The van der Waals surface area contributed by atoms with E-state index in [9.17, 15) is 4.79 Å². The SMILES string of the molecule is CC(=O)c1sc(NCc2cccc(Br)c2)cc1N. The van der Waals surface area contributed by atoms with Crippen LogP contribution < -0.4 is 11.1 Å². The molecular formula is C13H13BrN2OS. The highest BCUT2D eigenvalue weighted by atomic mass is 79.9. The number of rotatable bonds is 4. The largest absolute Gasteiger partial charge is 0.397 e. The monoisotopic (exact) mass is 324 g/mol. The van der Waals surface area contributed by atoms with Crippen LogP contribution in [0.5, 0.6) is 0 Å². The Kier molecular flexibility index (Phi) is 4.04. The van der Waals surface area contributed by atoms with Crippen molar-refractivity contribution in [2.75, 3.05) is 11.1 Å². The third-order valence-electron chi connectivity index (χ3n) is 2.44. The summed E-state index contributed by atoms with van der Waals surface area (Å²) in [6, 6.07) is 9.88. The molecule has 0 unspecified atom stereocenters. The smallest absolute Gasteiger partial charge is 0.171 e. The molecule has 94 valence electrons. The van der Waals surface area contributed by atoms with Gasteiger partial charge < -0.3 is 11.1 Å². The van der Waals surface area contributed by atoms with Crippen LogP contribution in [0.4, 0.5) is 10.7 Å². The van der Waals surface area contributed by atoms with Crippen molar-refractivity contribution >= 4 is 43.7 Å². The Labute approximate surface area is 118 Å². The summed E-state index contributed by atoms with van der Waals surface area (Å²) in [6.45, 7) is 2.23. The Morgan fingerprint density at radius 2 is 2.22 bits per heavy atom.